The lowest BCUT2D eigenvalue weighted by molar-refractivity contribution is -0.135. The van der Waals surface area contributed by atoms with E-state index in [1.165, 1.54) is 16.7 Å². The van der Waals surface area contributed by atoms with Crippen molar-refractivity contribution in [2.75, 3.05) is 19.7 Å². The minimum Gasteiger partial charge on any atom is -0.387 e. The molecular weight excluding hydrogens is 440 g/mol. The van der Waals surface area contributed by atoms with Crippen LogP contribution in [0.2, 0.25) is 5.02 Å². The zero-order valence-corrected chi connectivity index (χ0v) is 18.3. The van der Waals surface area contributed by atoms with Crippen LogP contribution in [0.25, 0.3) is 0 Å². The molecule has 2 aromatic rings. The Bertz CT molecular complexity index is 856. The number of halogens is 2. The fourth-order valence-corrected chi connectivity index (χ4v) is 5.60. The monoisotopic (exact) mass is 462 g/mol. The van der Waals surface area contributed by atoms with Gasteiger partial charge in [0.2, 0.25) is 5.91 Å². The van der Waals surface area contributed by atoms with Crippen LogP contribution in [0.1, 0.15) is 42.1 Å². The van der Waals surface area contributed by atoms with E-state index in [2.05, 4.69) is 41.1 Å². The highest BCUT2D eigenvalue weighted by atomic mass is 79.9. The van der Waals surface area contributed by atoms with Crippen molar-refractivity contribution in [1.82, 2.24) is 9.88 Å². The number of carbonyl (C=O) groups excluding carboxylic acids is 1. The average Bonchev–Trinajstić information content (AvgIpc) is 2.82. The third-order valence-corrected chi connectivity index (χ3v) is 7.18. The van der Waals surface area contributed by atoms with Crippen molar-refractivity contribution < 1.29 is 9.90 Å². The maximum Gasteiger partial charge on any atom is 0.248 e. The minimum absolute atomic E-state index is 0.181. The van der Waals surface area contributed by atoms with Crippen molar-refractivity contribution in [3.8, 4) is 0 Å². The van der Waals surface area contributed by atoms with Crippen LogP contribution in [0, 0.1) is 5.92 Å². The zero-order valence-electron chi connectivity index (χ0n) is 15.9. The summed E-state index contributed by atoms with van der Waals surface area (Å²) in [5, 5.41) is 9.95. The van der Waals surface area contributed by atoms with Gasteiger partial charge in [-0.15, -0.1) is 0 Å². The number of aliphatic hydroxyl groups is 1. The normalized spacial score (nSPS) is 22.4. The summed E-state index contributed by atoms with van der Waals surface area (Å²) in [5.41, 5.74) is 4.78. The summed E-state index contributed by atoms with van der Waals surface area (Å²) in [6, 6.07) is 8.44. The Morgan fingerprint density at radius 3 is 2.71 bits per heavy atom. The second-order valence-electron chi connectivity index (χ2n) is 7.98. The van der Waals surface area contributed by atoms with E-state index < -0.39 is 6.61 Å². The highest BCUT2D eigenvalue weighted by Crippen LogP contribution is 2.48. The molecule has 1 N–H and O–H groups in total. The van der Waals surface area contributed by atoms with Crippen LogP contribution >= 0.6 is 27.5 Å². The largest absolute Gasteiger partial charge is 0.387 e. The van der Waals surface area contributed by atoms with Gasteiger partial charge in [-0.25, -0.2) is 0 Å². The second kappa shape index (κ2) is 7.77. The Balaban J connectivity index is 1.79. The molecule has 0 bridgehead atoms. The summed E-state index contributed by atoms with van der Waals surface area (Å²) in [6.07, 6.45) is 5.55. The summed E-state index contributed by atoms with van der Waals surface area (Å²) in [5.74, 6) is 0.180. The lowest BCUT2D eigenvalue weighted by Crippen LogP contribution is -2.46. The number of fused-ring (bicyclic) bond motifs is 2. The predicted octanol–water partition coefficient (Wildman–Crippen LogP) is 4.13. The first-order valence-corrected chi connectivity index (χ1v) is 10.9. The zero-order chi connectivity index (χ0) is 19.9. The number of aliphatic hydroxyl groups excluding tert-OH is 1. The molecule has 6 heteroatoms. The number of piperidine rings is 1. The van der Waals surface area contributed by atoms with Crippen LogP contribution in [0.5, 0.6) is 0 Å². The van der Waals surface area contributed by atoms with Gasteiger partial charge in [-0.1, -0.05) is 17.7 Å². The molecule has 0 spiro atoms. The first-order chi connectivity index (χ1) is 13.4. The molecule has 4 nitrogen and oxygen atoms in total. The highest BCUT2D eigenvalue weighted by molar-refractivity contribution is 9.10. The number of aromatic nitrogens is 1. The van der Waals surface area contributed by atoms with Crippen LogP contribution in [0.3, 0.4) is 0 Å². The molecular formula is C22H24BrClN2O2. The Hall–Kier alpha value is -1.43. The number of rotatable bonds is 2. The van der Waals surface area contributed by atoms with Crippen LogP contribution < -0.4 is 0 Å². The second-order valence-corrected chi connectivity index (χ2v) is 9.33. The standard InChI is InChI=1S/C22H24BrClN2O2/c1-22(16-6-8-26(9-7-16)20(28)13-27)19-5-4-18(24)11-14(19)2-3-15-10-17(23)12-25-21(15)22/h4-5,10-12,16,27H,2-3,6-9,13H2,1H3. The van der Waals surface area contributed by atoms with Gasteiger partial charge in [0.25, 0.3) is 0 Å². The van der Waals surface area contributed by atoms with Crippen LogP contribution in [0.15, 0.2) is 34.9 Å². The third-order valence-electron chi connectivity index (χ3n) is 6.52. The molecule has 148 valence electrons. The molecule has 1 saturated heterocycles. The number of aryl methyl sites for hydroxylation is 2. The molecule has 28 heavy (non-hydrogen) atoms. The van der Waals surface area contributed by atoms with E-state index >= 15 is 0 Å². The topological polar surface area (TPSA) is 53.4 Å². The maximum absolute atomic E-state index is 11.9. The Morgan fingerprint density at radius 2 is 2.00 bits per heavy atom. The molecule has 2 heterocycles. The molecule has 1 fully saturated rings. The number of benzene rings is 1. The first kappa shape index (κ1) is 19.9. The number of pyridine rings is 1. The molecule has 4 rings (SSSR count). The maximum atomic E-state index is 11.9. The highest BCUT2D eigenvalue weighted by Gasteiger charge is 2.44. The van der Waals surface area contributed by atoms with Crippen molar-refractivity contribution in [2.45, 2.75) is 38.0 Å². The number of nitrogens with zero attached hydrogens (tertiary/aromatic N) is 2. The lowest BCUT2D eigenvalue weighted by atomic mass is 9.64. The molecule has 1 amide bonds. The number of likely N-dealkylation sites (tertiary alicyclic amines) is 1. The van der Waals surface area contributed by atoms with Gasteiger partial charge >= 0.3 is 0 Å². The Morgan fingerprint density at radius 1 is 1.29 bits per heavy atom. The van der Waals surface area contributed by atoms with Crippen LogP contribution in [-0.4, -0.2) is 40.6 Å². The number of amides is 1. The number of hydrogen-bond acceptors (Lipinski definition) is 3. The fourth-order valence-electron chi connectivity index (χ4n) is 5.03. The van der Waals surface area contributed by atoms with E-state index in [4.69, 9.17) is 16.6 Å². The van der Waals surface area contributed by atoms with Gasteiger partial charge in [-0.3, -0.25) is 9.78 Å². The van der Waals surface area contributed by atoms with Crippen LogP contribution in [0.4, 0.5) is 0 Å². The smallest absolute Gasteiger partial charge is 0.248 e. The van der Waals surface area contributed by atoms with Crippen molar-refractivity contribution in [1.29, 1.82) is 0 Å². The van der Waals surface area contributed by atoms with Crippen molar-refractivity contribution in [3.05, 3.63) is 62.3 Å². The van der Waals surface area contributed by atoms with E-state index in [0.717, 1.165) is 40.9 Å². The van der Waals surface area contributed by atoms with E-state index in [1.807, 2.05) is 12.3 Å². The summed E-state index contributed by atoms with van der Waals surface area (Å²) >= 11 is 9.90. The molecule has 1 aromatic heterocycles. The van der Waals surface area contributed by atoms with Gasteiger partial charge in [-0.05, 0) is 89.3 Å². The average molecular weight is 464 g/mol. The Labute approximate surface area is 179 Å². The molecule has 1 aliphatic carbocycles. The van der Waals surface area contributed by atoms with E-state index in [9.17, 15) is 9.90 Å². The van der Waals surface area contributed by atoms with Gasteiger partial charge in [0.05, 0.1) is 5.69 Å². The fraction of sp³-hybridized carbons (Fsp3) is 0.455. The minimum atomic E-state index is -0.415. The van der Waals surface area contributed by atoms with Gasteiger partial charge in [-0.2, -0.15) is 0 Å². The summed E-state index contributed by atoms with van der Waals surface area (Å²) in [6.45, 7) is 3.24. The summed E-state index contributed by atoms with van der Waals surface area (Å²) < 4.78 is 1.00. The summed E-state index contributed by atoms with van der Waals surface area (Å²) in [4.78, 5) is 18.6. The van der Waals surface area contributed by atoms with Gasteiger partial charge in [0, 0.05) is 34.2 Å². The quantitative estimate of drug-likeness (QED) is 0.728. The first-order valence-electron chi connectivity index (χ1n) is 9.76. The van der Waals surface area contributed by atoms with Crippen molar-refractivity contribution in [2.24, 2.45) is 5.92 Å². The third kappa shape index (κ3) is 3.38. The van der Waals surface area contributed by atoms with Crippen molar-refractivity contribution in [3.63, 3.8) is 0 Å². The molecule has 1 unspecified atom stereocenters. The predicted molar refractivity (Wildman–Crippen MR) is 114 cm³/mol. The molecule has 0 radical (unpaired) electrons. The SMILES string of the molecule is CC1(C2CCN(C(=O)CO)CC2)c2ccc(Cl)cc2CCc2cc(Br)cnc21. The molecule has 2 aliphatic rings. The van der Waals surface area contributed by atoms with Crippen molar-refractivity contribution >= 4 is 33.4 Å². The molecule has 0 saturated carbocycles. The Kier molecular flexibility index (Phi) is 5.51. The van der Waals surface area contributed by atoms with Gasteiger partial charge in [0.1, 0.15) is 6.61 Å². The van der Waals surface area contributed by atoms with Gasteiger partial charge < -0.3 is 10.0 Å². The molecule has 1 atom stereocenters. The molecule has 1 aromatic carbocycles. The molecule has 1 aliphatic heterocycles. The number of hydrogen-bond donors (Lipinski definition) is 1. The lowest BCUT2D eigenvalue weighted by Gasteiger charge is -2.43. The number of carbonyl (C=O) groups is 1. The van der Waals surface area contributed by atoms with E-state index in [1.54, 1.807) is 4.90 Å². The van der Waals surface area contributed by atoms with Gasteiger partial charge in [0.15, 0.2) is 0 Å². The van der Waals surface area contributed by atoms with E-state index in [-0.39, 0.29) is 11.3 Å². The summed E-state index contributed by atoms with van der Waals surface area (Å²) in [7, 11) is 0. The van der Waals surface area contributed by atoms with Crippen LogP contribution in [-0.2, 0) is 23.1 Å². The van der Waals surface area contributed by atoms with E-state index in [0.29, 0.717) is 19.0 Å².